The summed E-state index contributed by atoms with van der Waals surface area (Å²) in [6.07, 6.45) is 12.0. The lowest BCUT2D eigenvalue weighted by molar-refractivity contribution is -0.144. The molecule has 1 heterocycles. The Morgan fingerprint density at radius 3 is 2.40 bits per heavy atom. The molecule has 0 aromatic heterocycles. The first-order valence-corrected chi connectivity index (χ1v) is 9.37. The summed E-state index contributed by atoms with van der Waals surface area (Å²) in [5, 5.41) is 3.83. The van der Waals surface area contributed by atoms with Gasteiger partial charge >= 0.3 is 5.97 Å². The average Bonchev–Trinajstić information content (AvgIpc) is 2.91. The Morgan fingerprint density at radius 2 is 1.75 bits per heavy atom. The summed E-state index contributed by atoms with van der Waals surface area (Å²) >= 11 is 1.87. The number of ether oxygens (including phenoxy) is 1. The molecule has 1 N–H and O–H groups in total. The van der Waals surface area contributed by atoms with Gasteiger partial charge in [0.05, 0.1) is 12.0 Å². The molecule has 1 fully saturated rings. The van der Waals surface area contributed by atoms with Gasteiger partial charge in [-0.2, -0.15) is 0 Å². The number of rotatable bonds is 11. The van der Waals surface area contributed by atoms with Gasteiger partial charge in [-0.15, -0.1) is 11.8 Å². The summed E-state index contributed by atoms with van der Waals surface area (Å²) in [6, 6.07) is -0.0843. The average molecular weight is 301 g/mol. The van der Waals surface area contributed by atoms with Gasteiger partial charge < -0.3 is 4.74 Å². The smallest absolute Gasteiger partial charge is 0.324 e. The quantitative estimate of drug-likeness (QED) is 0.460. The summed E-state index contributed by atoms with van der Waals surface area (Å²) in [5.74, 6) is 0.777. The number of unbranched alkanes of at least 4 members (excludes halogenated alkanes) is 7. The van der Waals surface area contributed by atoms with E-state index in [2.05, 4.69) is 12.2 Å². The Balaban J connectivity index is 1.94. The molecule has 0 radical (unpaired) electrons. The van der Waals surface area contributed by atoms with Gasteiger partial charge in [-0.3, -0.25) is 10.1 Å². The minimum Gasteiger partial charge on any atom is -0.465 e. The Bertz CT molecular complexity index is 261. The maximum Gasteiger partial charge on any atom is 0.324 e. The monoisotopic (exact) mass is 301 g/mol. The molecule has 0 aromatic carbocycles. The van der Waals surface area contributed by atoms with Crippen LogP contribution in [0.2, 0.25) is 0 Å². The third-order valence-corrected chi connectivity index (χ3v) is 5.04. The Hall–Kier alpha value is -0.220. The summed E-state index contributed by atoms with van der Waals surface area (Å²) < 4.78 is 5.05. The van der Waals surface area contributed by atoms with E-state index in [1.807, 2.05) is 18.7 Å². The lowest BCUT2D eigenvalue weighted by atomic mass is 10.1. The van der Waals surface area contributed by atoms with E-state index in [1.165, 1.54) is 57.8 Å². The number of hydrogen-bond donors (Lipinski definition) is 1. The zero-order chi connectivity index (χ0) is 14.6. The lowest BCUT2D eigenvalue weighted by Crippen LogP contribution is -2.37. The molecule has 0 bridgehead atoms. The molecule has 0 aromatic rings. The van der Waals surface area contributed by atoms with Crippen LogP contribution in [0.5, 0.6) is 0 Å². The van der Waals surface area contributed by atoms with Gasteiger partial charge in [-0.1, -0.05) is 58.3 Å². The van der Waals surface area contributed by atoms with Crippen molar-refractivity contribution in [1.29, 1.82) is 0 Å². The van der Waals surface area contributed by atoms with Crippen LogP contribution in [0.1, 0.15) is 71.6 Å². The number of carbonyl (C=O) groups excluding carboxylic acids is 1. The van der Waals surface area contributed by atoms with E-state index < -0.39 is 0 Å². The fourth-order valence-corrected chi connectivity index (χ4v) is 3.79. The molecule has 1 saturated heterocycles. The van der Waals surface area contributed by atoms with Crippen LogP contribution in [0.25, 0.3) is 0 Å². The Labute approximate surface area is 128 Å². The van der Waals surface area contributed by atoms with Gasteiger partial charge in [0.1, 0.15) is 6.04 Å². The zero-order valence-corrected chi connectivity index (χ0v) is 14.0. The Kier molecular flexibility index (Phi) is 10.2. The second-order valence-corrected chi connectivity index (χ2v) is 6.79. The van der Waals surface area contributed by atoms with E-state index >= 15 is 0 Å². The molecule has 0 saturated carbocycles. The van der Waals surface area contributed by atoms with Gasteiger partial charge in [0.25, 0.3) is 0 Å². The van der Waals surface area contributed by atoms with Gasteiger partial charge in [-0.25, -0.2) is 0 Å². The van der Waals surface area contributed by atoms with Crippen LogP contribution in [0.15, 0.2) is 0 Å². The Morgan fingerprint density at radius 1 is 1.10 bits per heavy atom. The lowest BCUT2D eigenvalue weighted by Gasteiger charge is -2.12. The number of thioether (sulfide) groups is 1. The zero-order valence-electron chi connectivity index (χ0n) is 13.2. The molecule has 20 heavy (non-hydrogen) atoms. The fourth-order valence-electron chi connectivity index (χ4n) is 2.54. The van der Waals surface area contributed by atoms with Crippen LogP contribution < -0.4 is 5.32 Å². The summed E-state index contributed by atoms with van der Waals surface area (Å²) in [4.78, 5) is 11.6. The van der Waals surface area contributed by atoms with Crippen LogP contribution in [0.3, 0.4) is 0 Å². The third kappa shape index (κ3) is 7.53. The molecular formula is C16H31NO2S. The topological polar surface area (TPSA) is 38.3 Å². The van der Waals surface area contributed by atoms with E-state index in [1.54, 1.807) is 0 Å². The maximum atomic E-state index is 11.6. The minimum absolute atomic E-state index is 0.0843. The second-order valence-electron chi connectivity index (χ2n) is 5.56. The highest BCUT2D eigenvalue weighted by Crippen LogP contribution is 2.24. The van der Waals surface area contributed by atoms with Crippen molar-refractivity contribution in [3.05, 3.63) is 0 Å². The highest BCUT2D eigenvalue weighted by atomic mass is 32.2. The maximum absolute atomic E-state index is 11.6. The van der Waals surface area contributed by atoms with E-state index in [0.29, 0.717) is 12.0 Å². The van der Waals surface area contributed by atoms with Crippen molar-refractivity contribution in [2.24, 2.45) is 0 Å². The van der Waals surface area contributed by atoms with E-state index in [0.717, 1.165) is 5.75 Å². The first-order valence-electron chi connectivity index (χ1n) is 8.32. The highest BCUT2D eigenvalue weighted by molar-refractivity contribution is 8.00. The van der Waals surface area contributed by atoms with Crippen LogP contribution in [-0.4, -0.2) is 29.7 Å². The number of nitrogens with one attached hydrogen (secondary N) is 1. The summed E-state index contributed by atoms with van der Waals surface area (Å²) in [6.45, 7) is 4.60. The number of carbonyl (C=O) groups is 1. The molecule has 1 aliphatic heterocycles. The van der Waals surface area contributed by atoms with Crippen molar-refractivity contribution in [2.45, 2.75) is 83.1 Å². The van der Waals surface area contributed by atoms with Crippen molar-refractivity contribution in [3.8, 4) is 0 Å². The largest absolute Gasteiger partial charge is 0.465 e. The normalized spacial score (nSPS) is 22.1. The van der Waals surface area contributed by atoms with Crippen molar-refractivity contribution in [2.75, 3.05) is 12.4 Å². The molecule has 0 aliphatic carbocycles. The molecule has 0 spiro atoms. The molecule has 118 valence electrons. The molecule has 1 aliphatic rings. The van der Waals surface area contributed by atoms with Gasteiger partial charge in [0, 0.05) is 5.75 Å². The SMILES string of the molecule is CCCCCCCCCCC1N[C@H](C(=O)OCC)CS1. The van der Waals surface area contributed by atoms with Crippen molar-refractivity contribution in [1.82, 2.24) is 5.32 Å². The van der Waals surface area contributed by atoms with Crippen LogP contribution in [-0.2, 0) is 9.53 Å². The van der Waals surface area contributed by atoms with Crippen LogP contribution >= 0.6 is 11.8 Å². The summed E-state index contributed by atoms with van der Waals surface area (Å²) in [7, 11) is 0. The molecule has 4 heteroatoms. The van der Waals surface area contributed by atoms with Gasteiger partial charge in [-0.05, 0) is 13.3 Å². The molecular weight excluding hydrogens is 270 g/mol. The van der Waals surface area contributed by atoms with Crippen molar-refractivity contribution in [3.63, 3.8) is 0 Å². The first-order chi connectivity index (χ1) is 9.77. The highest BCUT2D eigenvalue weighted by Gasteiger charge is 2.29. The predicted molar refractivity (Wildman–Crippen MR) is 87.0 cm³/mol. The summed E-state index contributed by atoms with van der Waals surface area (Å²) in [5.41, 5.74) is 0. The third-order valence-electron chi connectivity index (χ3n) is 3.74. The van der Waals surface area contributed by atoms with E-state index in [9.17, 15) is 4.79 Å². The van der Waals surface area contributed by atoms with Crippen molar-refractivity contribution >= 4 is 17.7 Å². The van der Waals surface area contributed by atoms with Crippen LogP contribution in [0, 0.1) is 0 Å². The number of esters is 1. The molecule has 2 atom stereocenters. The molecule has 0 amide bonds. The standard InChI is InChI=1S/C16H31NO2S/c1-3-5-6-7-8-9-10-11-12-15-17-14(13-20-15)16(18)19-4-2/h14-15,17H,3-13H2,1-2H3/t14-,15?/m0/s1. The minimum atomic E-state index is -0.0848. The molecule has 1 unspecified atom stereocenters. The van der Waals surface area contributed by atoms with E-state index in [4.69, 9.17) is 4.74 Å². The van der Waals surface area contributed by atoms with Crippen LogP contribution in [0.4, 0.5) is 0 Å². The van der Waals surface area contributed by atoms with Gasteiger partial charge in [0.2, 0.25) is 0 Å². The first kappa shape index (κ1) is 17.8. The van der Waals surface area contributed by atoms with E-state index in [-0.39, 0.29) is 12.0 Å². The predicted octanol–water partition coefficient (Wildman–Crippen LogP) is 4.11. The number of hydrogen-bond acceptors (Lipinski definition) is 4. The fraction of sp³-hybridized carbons (Fsp3) is 0.938. The molecule has 3 nitrogen and oxygen atoms in total. The molecule has 1 rings (SSSR count). The van der Waals surface area contributed by atoms with Crippen molar-refractivity contribution < 1.29 is 9.53 Å². The van der Waals surface area contributed by atoms with Gasteiger partial charge in [0.15, 0.2) is 0 Å². The second kappa shape index (κ2) is 11.4.